The zero-order valence-corrected chi connectivity index (χ0v) is 10.5. The van der Waals surface area contributed by atoms with Crippen LogP contribution < -0.4 is 5.73 Å². The third-order valence-electron chi connectivity index (χ3n) is 2.33. The molecule has 1 amide bonds. The number of benzene rings is 1. The molecule has 1 aromatic rings. The number of nitrogens with two attached hydrogens (primary N) is 1. The fourth-order valence-corrected chi connectivity index (χ4v) is 1.65. The van der Waals surface area contributed by atoms with E-state index < -0.39 is 0 Å². The van der Waals surface area contributed by atoms with Crippen LogP contribution in [0.3, 0.4) is 0 Å². The molecule has 0 aromatic heterocycles. The molecule has 0 atom stereocenters. The minimum Gasteiger partial charge on any atom is -0.392 e. The number of hydrogen-bond donors (Lipinski definition) is 1. The van der Waals surface area contributed by atoms with Crippen molar-refractivity contribution >= 4 is 23.1 Å². The molecule has 1 aromatic carbocycles. The highest BCUT2D eigenvalue weighted by Crippen LogP contribution is 2.06. The van der Waals surface area contributed by atoms with Gasteiger partial charge in [-0.3, -0.25) is 4.79 Å². The van der Waals surface area contributed by atoms with Gasteiger partial charge in [0.2, 0.25) is 5.91 Å². The smallest absolute Gasteiger partial charge is 0.227 e. The van der Waals surface area contributed by atoms with E-state index in [1.165, 1.54) is 12.1 Å². The summed E-state index contributed by atoms with van der Waals surface area (Å²) in [6.07, 6.45) is 0.161. The first-order valence-electron chi connectivity index (χ1n) is 5.33. The van der Waals surface area contributed by atoms with Gasteiger partial charge in [-0.15, -0.1) is 0 Å². The van der Waals surface area contributed by atoms with Crippen LogP contribution >= 0.6 is 12.2 Å². The Hall–Kier alpha value is -1.49. The molecule has 0 unspecified atom stereocenters. The number of rotatable bonds is 5. The summed E-state index contributed by atoms with van der Waals surface area (Å²) < 4.78 is 12.9. The lowest BCUT2D eigenvalue weighted by atomic mass is 10.1. The summed E-state index contributed by atoms with van der Waals surface area (Å²) in [6, 6.07) is 6.00. The second-order valence-electron chi connectivity index (χ2n) is 3.68. The van der Waals surface area contributed by atoms with Crippen LogP contribution in [0.4, 0.5) is 4.39 Å². The predicted octanol–water partition coefficient (Wildman–Crippen LogP) is 1.50. The maximum atomic E-state index is 12.9. The Labute approximate surface area is 105 Å². The number of nitrogens with zero attached hydrogens (tertiary/aromatic N) is 1. The molecule has 0 fully saturated rings. The number of halogens is 1. The van der Waals surface area contributed by atoms with Gasteiger partial charge in [0.1, 0.15) is 5.82 Å². The van der Waals surface area contributed by atoms with E-state index in [9.17, 15) is 9.18 Å². The fourth-order valence-electron chi connectivity index (χ4n) is 1.50. The van der Waals surface area contributed by atoms with Gasteiger partial charge in [0.15, 0.2) is 0 Å². The fraction of sp³-hybridized carbons (Fsp3) is 0.333. The molecule has 0 aliphatic rings. The van der Waals surface area contributed by atoms with E-state index in [0.29, 0.717) is 12.1 Å². The second kappa shape index (κ2) is 6.30. The topological polar surface area (TPSA) is 46.3 Å². The average Bonchev–Trinajstić information content (AvgIpc) is 2.25. The summed E-state index contributed by atoms with van der Waals surface area (Å²) in [6.45, 7) is 2.65. The SMILES string of the molecule is CCN(CC(N)=S)C(=O)Cc1cccc(F)c1. The molecule has 0 radical (unpaired) electrons. The van der Waals surface area contributed by atoms with Crippen molar-refractivity contribution in [3.8, 4) is 0 Å². The molecular weight excluding hydrogens is 239 g/mol. The first-order valence-corrected chi connectivity index (χ1v) is 5.74. The lowest BCUT2D eigenvalue weighted by molar-refractivity contribution is -0.129. The van der Waals surface area contributed by atoms with Crippen molar-refractivity contribution in [2.75, 3.05) is 13.1 Å². The second-order valence-corrected chi connectivity index (χ2v) is 4.21. The Morgan fingerprint density at radius 1 is 1.53 bits per heavy atom. The Morgan fingerprint density at radius 2 is 2.24 bits per heavy atom. The van der Waals surface area contributed by atoms with E-state index in [1.54, 1.807) is 17.0 Å². The molecule has 0 aliphatic carbocycles. The Morgan fingerprint density at radius 3 is 2.76 bits per heavy atom. The lowest BCUT2D eigenvalue weighted by Gasteiger charge is -2.20. The van der Waals surface area contributed by atoms with Gasteiger partial charge < -0.3 is 10.6 Å². The summed E-state index contributed by atoms with van der Waals surface area (Å²) in [5.74, 6) is -0.446. The van der Waals surface area contributed by atoms with E-state index in [4.69, 9.17) is 18.0 Å². The van der Waals surface area contributed by atoms with Gasteiger partial charge in [-0.2, -0.15) is 0 Å². The van der Waals surface area contributed by atoms with Crippen molar-refractivity contribution < 1.29 is 9.18 Å². The number of hydrogen-bond acceptors (Lipinski definition) is 2. The van der Waals surface area contributed by atoms with Gasteiger partial charge in [-0.1, -0.05) is 24.4 Å². The van der Waals surface area contributed by atoms with Crippen LogP contribution in [0.2, 0.25) is 0 Å². The van der Waals surface area contributed by atoms with Crippen LogP contribution in [-0.2, 0) is 11.2 Å². The van der Waals surface area contributed by atoms with Gasteiger partial charge in [-0.05, 0) is 24.6 Å². The van der Waals surface area contributed by atoms with Crippen molar-refractivity contribution in [3.63, 3.8) is 0 Å². The first kappa shape index (κ1) is 13.6. The van der Waals surface area contributed by atoms with E-state index in [0.717, 1.165) is 0 Å². The third-order valence-corrected chi connectivity index (χ3v) is 2.45. The normalized spacial score (nSPS) is 10.0. The molecule has 0 aliphatic heterocycles. The summed E-state index contributed by atoms with van der Waals surface area (Å²) >= 11 is 4.77. The van der Waals surface area contributed by atoms with Crippen molar-refractivity contribution in [1.29, 1.82) is 0 Å². The maximum absolute atomic E-state index is 12.9. The maximum Gasteiger partial charge on any atom is 0.227 e. The molecular formula is C12H15FN2OS. The predicted molar refractivity (Wildman–Crippen MR) is 69.1 cm³/mol. The molecule has 5 heteroatoms. The molecule has 0 saturated carbocycles. The highest BCUT2D eigenvalue weighted by molar-refractivity contribution is 7.80. The van der Waals surface area contributed by atoms with E-state index in [-0.39, 0.29) is 29.7 Å². The van der Waals surface area contributed by atoms with Gasteiger partial charge in [0.05, 0.1) is 18.0 Å². The molecule has 0 bridgehead atoms. The van der Waals surface area contributed by atoms with Crippen molar-refractivity contribution in [2.45, 2.75) is 13.3 Å². The third kappa shape index (κ3) is 4.48. The molecule has 17 heavy (non-hydrogen) atoms. The number of thiocarbonyl (C=S) groups is 1. The average molecular weight is 254 g/mol. The van der Waals surface area contributed by atoms with Crippen LogP contribution in [0, 0.1) is 5.82 Å². The number of carbonyl (C=O) groups is 1. The van der Waals surface area contributed by atoms with E-state index in [2.05, 4.69) is 0 Å². The number of carbonyl (C=O) groups excluding carboxylic acids is 1. The van der Waals surface area contributed by atoms with Crippen LogP contribution in [0.15, 0.2) is 24.3 Å². The lowest BCUT2D eigenvalue weighted by Crippen LogP contribution is -2.38. The molecule has 0 heterocycles. The molecule has 0 spiro atoms. The minimum atomic E-state index is -0.340. The van der Waals surface area contributed by atoms with Gasteiger partial charge in [0.25, 0.3) is 0 Å². The summed E-state index contributed by atoms with van der Waals surface area (Å²) in [7, 11) is 0. The first-order chi connectivity index (χ1) is 8.02. The van der Waals surface area contributed by atoms with Gasteiger partial charge in [-0.25, -0.2) is 4.39 Å². The van der Waals surface area contributed by atoms with Crippen LogP contribution in [0.5, 0.6) is 0 Å². The molecule has 0 saturated heterocycles. The van der Waals surface area contributed by atoms with Crippen LogP contribution in [0.25, 0.3) is 0 Å². The number of amides is 1. The summed E-state index contributed by atoms with van der Waals surface area (Å²) in [4.78, 5) is 13.7. The van der Waals surface area contributed by atoms with Crippen molar-refractivity contribution in [1.82, 2.24) is 4.90 Å². The van der Waals surface area contributed by atoms with E-state index >= 15 is 0 Å². The van der Waals surface area contributed by atoms with Crippen LogP contribution in [-0.4, -0.2) is 28.9 Å². The zero-order chi connectivity index (χ0) is 12.8. The molecule has 2 N–H and O–H groups in total. The van der Waals surface area contributed by atoms with Crippen molar-refractivity contribution in [3.05, 3.63) is 35.6 Å². The monoisotopic (exact) mass is 254 g/mol. The standard InChI is InChI=1S/C12H15FN2OS/c1-2-15(8-11(14)17)12(16)7-9-4-3-5-10(13)6-9/h3-6H,2,7-8H2,1H3,(H2,14,17). The van der Waals surface area contributed by atoms with Crippen LogP contribution in [0.1, 0.15) is 12.5 Å². The zero-order valence-electron chi connectivity index (χ0n) is 9.65. The highest BCUT2D eigenvalue weighted by atomic mass is 32.1. The molecule has 3 nitrogen and oxygen atoms in total. The van der Waals surface area contributed by atoms with Crippen molar-refractivity contribution in [2.24, 2.45) is 5.73 Å². The summed E-state index contributed by atoms with van der Waals surface area (Å²) in [5, 5.41) is 0. The molecule has 1 rings (SSSR count). The summed E-state index contributed by atoms with van der Waals surface area (Å²) in [5.41, 5.74) is 6.05. The largest absolute Gasteiger partial charge is 0.392 e. The Kier molecular flexibility index (Phi) is 5.03. The van der Waals surface area contributed by atoms with Gasteiger partial charge in [0, 0.05) is 6.54 Å². The molecule has 92 valence electrons. The highest BCUT2D eigenvalue weighted by Gasteiger charge is 2.13. The van der Waals surface area contributed by atoms with Gasteiger partial charge >= 0.3 is 0 Å². The quantitative estimate of drug-likeness (QED) is 0.810. The van der Waals surface area contributed by atoms with E-state index in [1.807, 2.05) is 6.92 Å². The minimum absolute atomic E-state index is 0.106. The Balaban J connectivity index is 2.67. The number of likely N-dealkylation sites (N-methyl/N-ethyl adjacent to an activating group) is 1. The Bertz CT molecular complexity index is 423.